The van der Waals surface area contributed by atoms with Gasteiger partial charge in [0.15, 0.2) is 12.0 Å². The second-order valence-electron chi connectivity index (χ2n) is 5.06. The van der Waals surface area contributed by atoms with Crippen LogP contribution in [-0.2, 0) is 0 Å². The van der Waals surface area contributed by atoms with Crippen molar-refractivity contribution in [3.8, 4) is 5.95 Å². The molecule has 1 aliphatic rings. The summed E-state index contributed by atoms with van der Waals surface area (Å²) < 4.78 is 17.4. The predicted octanol–water partition coefficient (Wildman–Crippen LogP) is 2.17. The topological polar surface area (TPSA) is 61.4 Å². The SMILES string of the molecule is Cc1ncnn1-c1nc2n(n1)C(c1ccccc1)CC2F. The van der Waals surface area contributed by atoms with Gasteiger partial charge in [0.25, 0.3) is 5.95 Å². The van der Waals surface area contributed by atoms with Crippen LogP contribution in [-0.4, -0.2) is 29.5 Å². The van der Waals surface area contributed by atoms with Crippen molar-refractivity contribution in [3.05, 3.63) is 53.9 Å². The summed E-state index contributed by atoms with van der Waals surface area (Å²) in [5.41, 5.74) is 1.03. The van der Waals surface area contributed by atoms with E-state index in [1.54, 1.807) is 11.6 Å². The average molecular weight is 284 g/mol. The molecule has 0 bridgehead atoms. The van der Waals surface area contributed by atoms with Crippen molar-refractivity contribution in [2.75, 3.05) is 0 Å². The van der Waals surface area contributed by atoms with E-state index in [4.69, 9.17) is 0 Å². The summed E-state index contributed by atoms with van der Waals surface area (Å²) in [6, 6.07) is 9.67. The van der Waals surface area contributed by atoms with E-state index >= 15 is 0 Å². The lowest BCUT2D eigenvalue weighted by Gasteiger charge is -2.11. The van der Waals surface area contributed by atoms with Crippen molar-refractivity contribution in [2.24, 2.45) is 0 Å². The van der Waals surface area contributed by atoms with E-state index in [1.165, 1.54) is 11.0 Å². The summed E-state index contributed by atoms with van der Waals surface area (Å²) in [5.74, 6) is 1.39. The van der Waals surface area contributed by atoms with E-state index in [0.717, 1.165) is 5.56 Å². The second-order valence-corrected chi connectivity index (χ2v) is 5.06. The first kappa shape index (κ1) is 12.2. The molecule has 3 heterocycles. The number of hydrogen-bond donors (Lipinski definition) is 0. The number of aryl methyl sites for hydroxylation is 1. The molecule has 7 heteroatoms. The largest absolute Gasteiger partial charge is 0.271 e. The molecule has 2 unspecified atom stereocenters. The lowest BCUT2D eigenvalue weighted by atomic mass is 10.0. The summed E-state index contributed by atoms with van der Waals surface area (Å²) in [7, 11) is 0. The van der Waals surface area contributed by atoms with Gasteiger partial charge in [0, 0.05) is 6.42 Å². The van der Waals surface area contributed by atoms with Gasteiger partial charge in [-0.25, -0.2) is 14.1 Å². The predicted molar refractivity (Wildman–Crippen MR) is 72.7 cm³/mol. The Morgan fingerprint density at radius 2 is 2.05 bits per heavy atom. The van der Waals surface area contributed by atoms with E-state index in [9.17, 15) is 4.39 Å². The van der Waals surface area contributed by atoms with Gasteiger partial charge in [-0.05, 0) is 12.5 Å². The molecule has 1 aromatic carbocycles. The van der Waals surface area contributed by atoms with Gasteiger partial charge in [0.05, 0.1) is 6.04 Å². The Kier molecular flexibility index (Phi) is 2.60. The number of hydrogen-bond acceptors (Lipinski definition) is 4. The first-order valence-electron chi connectivity index (χ1n) is 6.76. The number of aromatic nitrogens is 6. The van der Waals surface area contributed by atoms with E-state index in [-0.39, 0.29) is 6.04 Å². The highest BCUT2D eigenvalue weighted by Crippen LogP contribution is 2.39. The van der Waals surface area contributed by atoms with Crippen LogP contribution < -0.4 is 0 Å². The number of alkyl halides is 1. The summed E-state index contributed by atoms with van der Waals surface area (Å²) >= 11 is 0. The molecule has 0 radical (unpaired) electrons. The molecule has 1 aliphatic heterocycles. The molecule has 6 nitrogen and oxygen atoms in total. The van der Waals surface area contributed by atoms with E-state index in [1.807, 2.05) is 30.3 Å². The number of fused-ring (bicyclic) bond motifs is 1. The Bertz CT molecular complexity index is 778. The Hall–Kier alpha value is -2.57. The van der Waals surface area contributed by atoms with Gasteiger partial charge in [-0.15, -0.1) is 5.10 Å². The first-order valence-corrected chi connectivity index (χ1v) is 6.76. The summed E-state index contributed by atoms with van der Waals surface area (Å²) in [6.07, 6.45) is 0.694. The highest BCUT2D eigenvalue weighted by atomic mass is 19.1. The van der Waals surface area contributed by atoms with Crippen LogP contribution in [0.3, 0.4) is 0 Å². The average Bonchev–Trinajstić information content (AvgIpc) is 3.17. The maximum Gasteiger partial charge on any atom is 0.271 e. The van der Waals surface area contributed by atoms with Crippen molar-refractivity contribution in [1.82, 2.24) is 29.5 Å². The van der Waals surface area contributed by atoms with Crippen LogP contribution in [0.25, 0.3) is 5.95 Å². The standard InChI is InChI=1S/C14H13FN6/c1-9-16-8-17-20(9)14-18-13-11(15)7-12(21(13)19-14)10-5-3-2-4-6-10/h2-6,8,11-12H,7H2,1H3. The quantitative estimate of drug-likeness (QED) is 0.723. The molecule has 0 spiro atoms. The molecule has 21 heavy (non-hydrogen) atoms. The first-order chi connectivity index (χ1) is 10.2. The van der Waals surface area contributed by atoms with Crippen LogP contribution in [0, 0.1) is 6.92 Å². The highest BCUT2D eigenvalue weighted by Gasteiger charge is 2.35. The van der Waals surface area contributed by atoms with Crippen LogP contribution in [0.1, 0.15) is 35.8 Å². The minimum atomic E-state index is -1.11. The van der Waals surface area contributed by atoms with Crippen molar-refractivity contribution in [1.29, 1.82) is 0 Å². The minimum absolute atomic E-state index is 0.124. The zero-order chi connectivity index (χ0) is 14.4. The smallest absolute Gasteiger partial charge is 0.239 e. The molecule has 106 valence electrons. The number of nitrogens with zero attached hydrogens (tertiary/aromatic N) is 6. The van der Waals surface area contributed by atoms with Crippen LogP contribution in [0.15, 0.2) is 36.7 Å². The molecule has 0 aliphatic carbocycles. The zero-order valence-corrected chi connectivity index (χ0v) is 11.4. The van der Waals surface area contributed by atoms with Crippen molar-refractivity contribution < 1.29 is 4.39 Å². The third-order valence-corrected chi connectivity index (χ3v) is 3.74. The summed E-state index contributed by atoms with van der Waals surface area (Å²) in [5, 5.41) is 8.49. The van der Waals surface area contributed by atoms with Crippen LogP contribution in [0.5, 0.6) is 0 Å². The van der Waals surface area contributed by atoms with Gasteiger partial charge in [-0.2, -0.15) is 14.8 Å². The molecule has 0 amide bonds. The molecule has 3 aromatic rings. The maximum absolute atomic E-state index is 14.2. The normalized spacial score (nSPS) is 20.7. The number of benzene rings is 1. The Labute approximate surface area is 120 Å². The zero-order valence-electron chi connectivity index (χ0n) is 11.4. The van der Waals surface area contributed by atoms with Crippen LogP contribution in [0.4, 0.5) is 4.39 Å². The van der Waals surface area contributed by atoms with Gasteiger partial charge >= 0.3 is 0 Å². The van der Waals surface area contributed by atoms with Gasteiger partial charge in [-0.1, -0.05) is 30.3 Å². The third-order valence-electron chi connectivity index (χ3n) is 3.74. The highest BCUT2D eigenvalue weighted by molar-refractivity contribution is 5.25. The molecular weight excluding hydrogens is 271 g/mol. The Morgan fingerprint density at radius 3 is 2.76 bits per heavy atom. The van der Waals surface area contributed by atoms with Gasteiger partial charge in [0.1, 0.15) is 12.2 Å². The van der Waals surface area contributed by atoms with Crippen molar-refractivity contribution in [3.63, 3.8) is 0 Å². The molecule has 0 N–H and O–H groups in total. The van der Waals surface area contributed by atoms with Crippen molar-refractivity contribution in [2.45, 2.75) is 25.6 Å². The maximum atomic E-state index is 14.2. The fraction of sp³-hybridized carbons (Fsp3) is 0.286. The van der Waals surface area contributed by atoms with Gasteiger partial charge in [0.2, 0.25) is 0 Å². The Morgan fingerprint density at radius 1 is 1.24 bits per heavy atom. The number of rotatable bonds is 2. The second kappa shape index (κ2) is 4.47. The van der Waals surface area contributed by atoms with E-state index < -0.39 is 6.17 Å². The fourth-order valence-corrected chi connectivity index (χ4v) is 2.71. The van der Waals surface area contributed by atoms with Gasteiger partial charge in [-0.3, -0.25) is 0 Å². The Balaban J connectivity index is 1.80. The monoisotopic (exact) mass is 284 g/mol. The summed E-state index contributed by atoms with van der Waals surface area (Å²) in [6.45, 7) is 1.81. The fourth-order valence-electron chi connectivity index (χ4n) is 2.71. The van der Waals surface area contributed by atoms with Crippen LogP contribution >= 0.6 is 0 Å². The lowest BCUT2D eigenvalue weighted by Crippen LogP contribution is -2.09. The third kappa shape index (κ3) is 1.84. The molecule has 4 rings (SSSR count). The number of halogens is 1. The molecule has 0 saturated carbocycles. The molecule has 2 atom stereocenters. The van der Waals surface area contributed by atoms with Gasteiger partial charge < -0.3 is 0 Å². The van der Waals surface area contributed by atoms with Crippen LogP contribution in [0.2, 0.25) is 0 Å². The van der Waals surface area contributed by atoms with E-state index in [0.29, 0.717) is 24.0 Å². The lowest BCUT2D eigenvalue weighted by molar-refractivity contribution is 0.328. The molecule has 2 aromatic heterocycles. The molecule has 0 fully saturated rings. The molecular formula is C14H13FN6. The van der Waals surface area contributed by atoms with Crippen molar-refractivity contribution >= 4 is 0 Å². The molecule has 0 saturated heterocycles. The minimum Gasteiger partial charge on any atom is -0.239 e. The summed E-state index contributed by atoms with van der Waals surface area (Å²) in [4.78, 5) is 8.33. The van der Waals surface area contributed by atoms with E-state index in [2.05, 4.69) is 20.2 Å².